The number of fused-ring (bicyclic) bond motifs is 1. The predicted molar refractivity (Wildman–Crippen MR) is 76.3 cm³/mol. The van der Waals surface area contributed by atoms with Crippen LogP contribution in [-0.2, 0) is 11.3 Å². The summed E-state index contributed by atoms with van der Waals surface area (Å²) in [6.45, 7) is 0.0834. The maximum absolute atomic E-state index is 13.4. The van der Waals surface area contributed by atoms with Crippen LogP contribution in [0, 0.1) is 11.6 Å². The van der Waals surface area contributed by atoms with Gasteiger partial charge >= 0.3 is 0 Å². The van der Waals surface area contributed by atoms with Crippen LogP contribution in [0.15, 0.2) is 36.4 Å². The SMILES string of the molecule is O=C(COc1ccc(F)cc1F)NCc1ccc2c(c1)OCO2. The fraction of sp³-hybridized carbons (Fsp3) is 0.188. The molecule has 120 valence electrons. The third kappa shape index (κ3) is 3.68. The molecule has 0 aliphatic carbocycles. The third-order valence-corrected chi connectivity index (χ3v) is 3.18. The average Bonchev–Trinajstić information content (AvgIpc) is 2.99. The van der Waals surface area contributed by atoms with Crippen molar-refractivity contribution >= 4 is 5.91 Å². The van der Waals surface area contributed by atoms with E-state index in [2.05, 4.69) is 5.32 Å². The molecule has 7 heteroatoms. The first-order chi connectivity index (χ1) is 11.1. The van der Waals surface area contributed by atoms with E-state index >= 15 is 0 Å². The molecule has 0 spiro atoms. The van der Waals surface area contributed by atoms with E-state index < -0.39 is 17.5 Å². The number of halogens is 2. The summed E-state index contributed by atoms with van der Waals surface area (Å²) in [5, 5.41) is 2.63. The molecule has 23 heavy (non-hydrogen) atoms. The Kier molecular flexibility index (Phi) is 4.27. The molecule has 2 aromatic rings. The van der Waals surface area contributed by atoms with Gasteiger partial charge in [-0.2, -0.15) is 0 Å². The lowest BCUT2D eigenvalue weighted by Gasteiger charge is -2.08. The summed E-state index contributed by atoms with van der Waals surface area (Å²) >= 11 is 0. The first kappa shape index (κ1) is 15.1. The lowest BCUT2D eigenvalue weighted by Crippen LogP contribution is -2.28. The van der Waals surface area contributed by atoms with Gasteiger partial charge in [0, 0.05) is 12.6 Å². The molecular weight excluding hydrogens is 308 g/mol. The van der Waals surface area contributed by atoms with Crippen LogP contribution in [0.4, 0.5) is 8.78 Å². The largest absolute Gasteiger partial charge is 0.481 e. The quantitative estimate of drug-likeness (QED) is 0.919. The second kappa shape index (κ2) is 6.51. The molecular formula is C16H13F2NO4. The van der Waals surface area contributed by atoms with Gasteiger partial charge in [-0.25, -0.2) is 8.78 Å². The molecule has 2 aromatic carbocycles. The van der Waals surface area contributed by atoms with Gasteiger partial charge in [-0.15, -0.1) is 0 Å². The molecule has 1 heterocycles. The molecule has 0 saturated heterocycles. The van der Waals surface area contributed by atoms with Crippen LogP contribution in [0.3, 0.4) is 0 Å². The average molecular weight is 321 g/mol. The molecule has 0 bridgehead atoms. The van der Waals surface area contributed by atoms with Gasteiger partial charge in [-0.3, -0.25) is 4.79 Å². The van der Waals surface area contributed by atoms with Crippen LogP contribution in [0.2, 0.25) is 0 Å². The maximum Gasteiger partial charge on any atom is 0.258 e. The van der Waals surface area contributed by atoms with Gasteiger partial charge in [0.2, 0.25) is 6.79 Å². The molecule has 1 aliphatic rings. The van der Waals surface area contributed by atoms with E-state index in [9.17, 15) is 13.6 Å². The Morgan fingerprint density at radius 2 is 1.96 bits per heavy atom. The van der Waals surface area contributed by atoms with Crippen molar-refractivity contribution < 1.29 is 27.8 Å². The fourth-order valence-corrected chi connectivity index (χ4v) is 2.04. The van der Waals surface area contributed by atoms with E-state index in [0.29, 0.717) is 17.6 Å². The maximum atomic E-state index is 13.4. The number of benzene rings is 2. The first-order valence-electron chi connectivity index (χ1n) is 6.85. The number of ether oxygens (including phenoxy) is 3. The highest BCUT2D eigenvalue weighted by Crippen LogP contribution is 2.32. The zero-order chi connectivity index (χ0) is 16.2. The van der Waals surface area contributed by atoms with Gasteiger partial charge in [-0.1, -0.05) is 6.07 Å². The van der Waals surface area contributed by atoms with Crippen LogP contribution < -0.4 is 19.5 Å². The number of hydrogen-bond donors (Lipinski definition) is 1. The zero-order valence-electron chi connectivity index (χ0n) is 12.0. The van der Waals surface area contributed by atoms with Crippen LogP contribution in [0.25, 0.3) is 0 Å². The minimum atomic E-state index is -0.853. The zero-order valence-corrected chi connectivity index (χ0v) is 12.0. The van der Waals surface area contributed by atoms with Crippen molar-refractivity contribution in [3.63, 3.8) is 0 Å². The summed E-state index contributed by atoms with van der Waals surface area (Å²) in [7, 11) is 0. The van der Waals surface area contributed by atoms with Crippen molar-refractivity contribution in [2.45, 2.75) is 6.54 Å². The first-order valence-corrected chi connectivity index (χ1v) is 6.85. The number of carbonyl (C=O) groups excluding carboxylic acids is 1. The number of nitrogens with one attached hydrogen (secondary N) is 1. The smallest absolute Gasteiger partial charge is 0.258 e. The van der Waals surface area contributed by atoms with Crippen LogP contribution in [-0.4, -0.2) is 19.3 Å². The second-order valence-electron chi connectivity index (χ2n) is 4.83. The number of amides is 1. The Morgan fingerprint density at radius 1 is 1.13 bits per heavy atom. The molecule has 0 saturated carbocycles. The van der Waals surface area contributed by atoms with Gasteiger partial charge < -0.3 is 19.5 Å². The van der Waals surface area contributed by atoms with Crippen molar-refractivity contribution in [1.29, 1.82) is 0 Å². The van der Waals surface area contributed by atoms with E-state index in [0.717, 1.165) is 17.7 Å². The van der Waals surface area contributed by atoms with E-state index in [1.807, 2.05) is 0 Å². The monoisotopic (exact) mass is 321 g/mol. The van der Waals surface area contributed by atoms with E-state index in [4.69, 9.17) is 14.2 Å². The molecule has 3 rings (SSSR count). The van der Waals surface area contributed by atoms with Crippen molar-refractivity contribution in [3.8, 4) is 17.2 Å². The van der Waals surface area contributed by atoms with E-state index in [1.165, 1.54) is 0 Å². The second-order valence-corrected chi connectivity index (χ2v) is 4.83. The molecule has 1 amide bonds. The molecule has 0 radical (unpaired) electrons. The summed E-state index contributed by atoms with van der Waals surface area (Å²) in [6.07, 6.45) is 0. The molecule has 1 N–H and O–H groups in total. The van der Waals surface area contributed by atoms with Crippen molar-refractivity contribution in [3.05, 3.63) is 53.6 Å². The topological polar surface area (TPSA) is 56.8 Å². The lowest BCUT2D eigenvalue weighted by molar-refractivity contribution is -0.123. The summed E-state index contributed by atoms with van der Waals surface area (Å²) in [6, 6.07) is 8.21. The normalized spacial score (nSPS) is 12.1. The van der Waals surface area contributed by atoms with Crippen molar-refractivity contribution in [2.75, 3.05) is 13.4 Å². The van der Waals surface area contributed by atoms with Crippen LogP contribution >= 0.6 is 0 Å². The summed E-state index contributed by atoms with van der Waals surface area (Å²) in [5.41, 5.74) is 0.829. The Balaban J connectivity index is 1.50. The number of rotatable bonds is 5. The predicted octanol–water partition coefficient (Wildman–Crippen LogP) is 2.39. The van der Waals surface area contributed by atoms with E-state index in [1.54, 1.807) is 18.2 Å². The van der Waals surface area contributed by atoms with Gasteiger partial charge in [-0.05, 0) is 29.8 Å². The molecule has 0 fully saturated rings. The van der Waals surface area contributed by atoms with Crippen molar-refractivity contribution in [2.24, 2.45) is 0 Å². The Bertz CT molecular complexity index is 736. The summed E-state index contributed by atoms with van der Waals surface area (Å²) < 4.78 is 41.6. The number of hydrogen-bond acceptors (Lipinski definition) is 4. The lowest BCUT2D eigenvalue weighted by atomic mass is 10.2. The standard InChI is InChI=1S/C16H13F2NO4/c17-11-2-4-13(12(18)6-11)21-8-16(20)19-7-10-1-3-14-15(5-10)23-9-22-14/h1-6H,7-9H2,(H,19,20). The highest BCUT2D eigenvalue weighted by atomic mass is 19.1. The van der Waals surface area contributed by atoms with Crippen molar-refractivity contribution in [1.82, 2.24) is 5.32 Å². The Morgan fingerprint density at radius 3 is 2.78 bits per heavy atom. The van der Waals surface area contributed by atoms with Crippen LogP contribution in [0.1, 0.15) is 5.56 Å². The number of carbonyl (C=O) groups is 1. The van der Waals surface area contributed by atoms with Gasteiger partial charge in [0.05, 0.1) is 0 Å². The molecule has 5 nitrogen and oxygen atoms in total. The molecule has 0 aromatic heterocycles. The van der Waals surface area contributed by atoms with Gasteiger partial charge in [0.25, 0.3) is 5.91 Å². The van der Waals surface area contributed by atoms with Gasteiger partial charge in [0.1, 0.15) is 5.82 Å². The molecule has 0 atom stereocenters. The molecule has 0 unspecified atom stereocenters. The molecule has 1 aliphatic heterocycles. The summed E-state index contributed by atoms with van der Waals surface area (Å²) in [5.74, 6) is -0.872. The highest BCUT2D eigenvalue weighted by molar-refractivity contribution is 5.77. The third-order valence-electron chi connectivity index (χ3n) is 3.18. The Labute approximate surface area is 130 Å². The summed E-state index contributed by atoms with van der Waals surface area (Å²) in [4.78, 5) is 11.7. The minimum Gasteiger partial charge on any atom is -0.481 e. The Hall–Kier alpha value is -2.83. The van der Waals surface area contributed by atoms with Crippen LogP contribution in [0.5, 0.6) is 17.2 Å². The van der Waals surface area contributed by atoms with Gasteiger partial charge in [0.15, 0.2) is 29.7 Å². The fourth-order valence-electron chi connectivity index (χ4n) is 2.04. The highest BCUT2D eigenvalue weighted by Gasteiger charge is 2.13. The minimum absolute atomic E-state index is 0.176. The van der Waals surface area contributed by atoms with E-state index in [-0.39, 0.29) is 25.7 Å².